The van der Waals surface area contributed by atoms with Crippen molar-refractivity contribution in [1.29, 1.82) is 0 Å². The largest absolute Gasteiger partial charge is 0.288 e. The maximum Gasteiger partial charge on any atom is 0.0645 e. The lowest BCUT2D eigenvalue weighted by atomic mass is 10.0. The van der Waals surface area contributed by atoms with Gasteiger partial charge in [-0.1, -0.05) is 66.2 Å². The van der Waals surface area contributed by atoms with E-state index in [2.05, 4.69) is 47.5 Å². The van der Waals surface area contributed by atoms with Crippen molar-refractivity contribution in [2.75, 3.05) is 0 Å². The van der Waals surface area contributed by atoms with E-state index in [-0.39, 0.29) is 0 Å². The molecule has 0 unspecified atom stereocenters. The first-order valence-electron chi connectivity index (χ1n) is 6.55. The predicted octanol–water partition coefficient (Wildman–Crippen LogP) is 5.11. The van der Waals surface area contributed by atoms with Crippen LogP contribution in [0.15, 0.2) is 71.7 Å². The van der Waals surface area contributed by atoms with Gasteiger partial charge in [0.25, 0.3) is 0 Å². The fraction of sp³-hybridized carbons (Fsp3) is 0.0556. The topological polar surface area (TPSA) is 12.4 Å². The van der Waals surface area contributed by atoms with Gasteiger partial charge in [-0.2, -0.15) is 0 Å². The van der Waals surface area contributed by atoms with Gasteiger partial charge in [-0.3, -0.25) is 4.99 Å². The third-order valence-corrected chi connectivity index (χ3v) is 3.50. The van der Waals surface area contributed by atoms with Crippen LogP contribution in [0.1, 0.15) is 11.1 Å². The summed E-state index contributed by atoms with van der Waals surface area (Å²) in [5, 5.41) is 3.27. The molecule has 0 aliphatic heterocycles. The Morgan fingerprint density at radius 2 is 1.60 bits per heavy atom. The van der Waals surface area contributed by atoms with Crippen LogP contribution >= 0.6 is 11.6 Å². The van der Waals surface area contributed by atoms with Gasteiger partial charge in [-0.05, 0) is 34.0 Å². The van der Waals surface area contributed by atoms with Crippen LogP contribution in [0, 0.1) is 0 Å². The summed E-state index contributed by atoms with van der Waals surface area (Å²) in [6, 6.07) is 22.4. The van der Waals surface area contributed by atoms with E-state index in [9.17, 15) is 0 Å². The fourth-order valence-corrected chi connectivity index (χ4v) is 2.35. The molecule has 0 bridgehead atoms. The second kappa shape index (κ2) is 5.89. The average molecular weight is 280 g/mol. The summed E-state index contributed by atoms with van der Waals surface area (Å²) in [5.74, 6) is 0. The van der Waals surface area contributed by atoms with Crippen molar-refractivity contribution in [3.8, 4) is 0 Å². The molecular weight excluding hydrogens is 266 g/mol. The molecule has 0 saturated heterocycles. The van der Waals surface area contributed by atoms with E-state index in [1.165, 1.54) is 16.3 Å². The Morgan fingerprint density at radius 1 is 0.850 bits per heavy atom. The molecular formula is C18H14ClN. The van der Waals surface area contributed by atoms with E-state index in [0.717, 1.165) is 10.6 Å². The van der Waals surface area contributed by atoms with Crippen molar-refractivity contribution in [3.63, 3.8) is 0 Å². The molecule has 0 fully saturated rings. The fourth-order valence-electron chi connectivity index (χ4n) is 2.23. The van der Waals surface area contributed by atoms with Crippen molar-refractivity contribution < 1.29 is 0 Å². The van der Waals surface area contributed by atoms with Crippen LogP contribution in [-0.2, 0) is 6.54 Å². The summed E-state index contributed by atoms with van der Waals surface area (Å²) in [4.78, 5) is 4.52. The molecule has 0 saturated carbocycles. The third-order valence-electron chi connectivity index (χ3n) is 3.25. The van der Waals surface area contributed by atoms with Crippen molar-refractivity contribution >= 4 is 28.6 Å². The minimum absolute atomic E-state index is 0.685. The van der Waals surface area contributed by atoms with Gasteiger partial charge in [0, 0.05) is 11.2 Å². The number of benzene rings is 3. The molecule has 3 rings (SSSR count). The third kappa shape index (κ3) is 2.89. The van der Waals surface area contributed by atoms with Crippen LogP contribution in [0.5, 0.6) is 0 Å². The van der Waals surface area contributed by atoms with Crippen molar-refractivity contribution in [2.24, 2.45) is 4.99 Å². The molecule has 3 aromatic carbocycles. The minimum Gasteiger partial charge on any atom is -0.288 e. The molecule has 2 heteroatoms. The van der Waals surface area contributed by atoms with E-state index >= 15 is 0 Å². The number of halogens is 1. The Bertz CT molecular complexity index is 739. The number of fused-ring (bicyclic) bond motifs is 1. The Kier molecular flexibility index (Phi) is 3.80. The molecule has 1 nitrogen and oxygen atoms in total. The zero-order valence-electron chi connectivity index (χ0n) is 11.0. The number of hydrogen-bond acceptors (Lipinski definition) is 1. The molecule has 20 heavy (non-hydrogen) atoms. The molecule has 98 valence electrons. The van der Waals surface area contributed by atoms with Gasteiger partial charge in [-0.15, -0.1) is 0 Å². The first kappa shape index (κ1) is 12.9. The van der Waals surface area contributed by atoms with Crippen LogP contribution in [0.4, 0.5) is 0 Å². The molecule has 0 N–H and O–H groups in total. The monoisotopic (exact) mass is 279 g/mol. The Hall–Kier alpha value is -2.12. The number of hydrogen-bond donors (Lipinski definition) is 0. The predicted molar refractivity (Wildman–Crippen MR) is 86.7 cm³/mol. The van der Waals surface area contributed by atoms with E-state index in [4.69, 9.17) is 11.6 Å². The second-order valence-electron chi connectivity index (χ2n) is 4.66. The summed E-state index contributed by atoms with van der Waals surface area (Å²) < 4.78 is 0. The SMILES string of the molecule is Clc1ccc(C=NCc2cccc3ccccc23)cc1. The number of aliphatic imine (C=N–C) groups is 1. The normalized spacial score (nSPS) is 11.2. The summed E-state index contributed by atoms with van der Waals surface area (Å²) >= 11 is 5.86. The van der Waals surface area contributed by atoms with Gasteiger partial charge in [0.2, 0.25) is 0 Å². The minimum atomic E-state index is 0.685. The average Bonchev–Trinajstić information content (AvgIpc) is 2.49. The van der Waals surface area contributed by atoms with Crippen molar-refractivity contribution in [2.45, 2.75) is 6.54 Å². The smallest absolute Gasteiger partial charge is 0.0645 e. The molecule has 0 radical (unpaired) electrons. The highest BCUT2D eigenvalue weighted by molar-refractivity contribution is 6.30. The Labute approximate surface area is 123 Å². The van der Waals surface area contributed by atoms with Gasteiger partial charge in [-0.25, -0.2) is 0 Å². The zero-order valence-corrected chi connectivity index (χ0v) is 11.7. The first-order chi connectivity index (χ1) is 9.83. The first-order valence-corrected chi connectivity index (χ1v) is 6.93. The maximum absolute atomic E-state index is 5.86. The van der Waals surface area contributed by atoms with Crippen LogP contribution in [0.3, 0.4) is 0 Å². The van der Waals surface area contributed by atoms with Gasteiger partial charge >= 0.3 is 0 Å². The lowest BCUT2D eigenvalue weighted by Crippen LogP contribution is -1.86. The van der Waals surface area contributed by atoms with Crippen LogP contribution in [0.25, 0.3) is 10.8 Å². The second-order valence-corrected chi connectivity index (χ2v) is 5.10. The summed E-state index contributed by atoms with van der Waals surface area (Å²) in [5.41, 5.74) is 2.31. The molecule has 3 aromatic rings. The summed E-state index contributed by atoms with van der Waals surface area (Å²) in [7, 11) is 0. The van der Waals surface area contributed by atoms with Gasteiger partial charge < -0.3 is 0 Å². The van der Waals surface area contributed by atoms with Crippen LogP contribution in [0.2, 0.25) is 5.02 Å². The number of rotatable bonds is 3. The zero-order chi connectivity index (χ0) is 13.8. The molecule has 0 spiro atoms. The Morgan fingerprint density at radius 3 is 2.45 bits per heavy atom. The summed E-state index contributed by atoms with van der Waals surface area (Å²) in [6.07, 6.45) is 1.89. The lowest BCUT2D eigenvalue weighted by molar-refractivity contribution is 1.09. The highest BCUT2D eigenvalue weighted by Crippen LogP contribution is 2.19. The molecule has 0 aliphatic carbocycles. The van der Waals surface area contributed by atoms with Crippen LogP contribution < -0.4 is 0 Å². The van der Waals surface area contributed by atoms with E-state index in [0.29, 0.717) is 6.54 Å². The number of nitrogens with zero attached hydrogens (tertiary/aromatic N) is 1. The lowest BCUT2D eigenvalue weighted by Gasteiger charge is -2.03. The van der Waals surface area contributed by atoms with Gasteiger partial charge in [0.15, 0.2) is 0 Å². The molecule has 0 aliphatic rings. The van der Waals surface area contributed by atoms with Gasteiger partial charge in [0.05, 0.1) is 6.54 Å². The molecule has 0 amide bonds. The van der Waals surface area contributed by atoms with E-state index in [1.54, 1.807) is 0 Å². The maximum atomic E-state index is 5.86. The molecule has 0 aromatic heterocycles. The van der Waals surface area contributed by atoms with Gasteiger partial charge in [0.1, 0.15) is 0 Å². The Balaban J connectivity index is 1.81. The van der Waals surface area contributed by atoms with Crippen molar-refractivity contribution in [1.82, 2.24) is 0 Å². The highest BCUT2D eigenvalue weighted by atomic mass is 35.5. The standard InChI is InChI=1S/C18H14ClN/c19-17-10-8-14(9-11-17)12-20-13-16-6-3-5-15-4-1-2-7-18(15)16/h1-12H,13H2. The highest BCUT2D eigenvalue weighted by Gasteiger charge is 1.98. The van der Waals surface area contributed by atoms with E-state index in [1.807, 2.05) is 30.5 Å². The molecule has 0 atom stereocenters. The summed E-state index contributed by atoms with van der Waals surface area (Å²) in [6.45, 7) is 0.685. The quantitative estimate of drug-likeness (QED) is 0.591. The molecule has 0 heterocycles. The van der Waals surface area contributed by atoms with E-state index < -0.39 is 0 Å². The van der Waals surface area contributed by atoms with Crippen LogP contribution in [-0.4, -0.2) is 6.21 Å². The van der Waals surface area contributed by atoms with Crippen molar-refractivity contribution in [3.05, 3.63) is 82.9 Å².